The van der Waals surface area contributed by atoms with Gasteiger partial charge in [0, 0.05) is 29.7 Å². The average Bonchev–Trinajstić information content (AvgIpc) is 2.68. The van der Waals surface area contributed by atoms with Gasteiger partial charge < -0.3 is 4.84 Å². The Morgan fingerprint density at radius 1 is 1.47 bits per heavy atom. The minimum Gasteiger partial charge on any atom is -0.383 e. The lowest BCUT2D eigenvalue weighted by atomic mass is 9.93. The molecule has 0 spiro atoms. The monoisotopic (exact) mass is 223 g/mol. The summed E-state index contributed by atoms with van der Waals surface area (Å²) in [6.07, 6.45) is 4.11. The van der Waals surface area contributed by atoms with Gasteiger partial charge in [-0.05, 0) is 5.56 Å². The number of benzene rings is 1. The highest BCUT2D eigenvalue weighted by Gasteiger charge is 2.38. The first-order valence-electron chi connectivity index (χ1n) is 4.78. The van der Waals surface area contributed by atoms with Crippen LogP contribution in [0.3, 0.4) is 0 Å². The lowest BCUT2D eigenvalue weighted by Gasteiger charge is -2.25. The molecule has 0 aromatic heterocycles. The van der Waals surface area contributed by atoms with Gasteiger partial charge in [-0.1, -0.05) is 35.5 Å². The Labute approximate surface area is 91.6 Å². The summed E-state index contributed by atoms with van der Waals surface area (Å²) in [5.74, 6) is 0.483. The Hall–Kier alpha value is -1.16. The van der Waals surface area contributed by atoms with Gasteiger partial charge in [0.15, 0.2) is 5.60 Å². The van der Waals surface area contributed by atoms with E-state index in [1.807, 2.05) is 30.3 Å². The molecule has 2 rings (SSSR count). The Bertz CT molecular complexity index is 381. The molecule has 0 saturated carbocycles. The van der Waals surface area contributed by atoms with Gasteiger partial charge in [-0.3, -0.25) is 4.21 Å². The highest BCUT2D eigenvalue weighted by atomic mass is 32.2. The van der Waals surface area contributed by atoms with Gasteiger partial charge in [0.2, 0.25) is 0 Å². The summed E-state index contributed by atoms with van der Waals surface area (Å²) >= 11 is 0. The molecule has 1 aromatic rings. The second-order valence-electron chi connectivity index (χ2n) is 3.66. The maximum Gasteiger partial charge on any atom is 0.179 e. The molecule has 0 amide bonds. The molecule has 2 atom stereocenters. The molecule has 3 nitrogen and oxygen atoms in total. The summed E-state index contributed by atoms with van der Waals surface area (Å²) in [5, 5.41) is 3.81. The van der Waals surface area contributed by atoms with Crippen molar-refractivity contribution >= 4 is 17.0 Å². The minimum atomic E-state index is -0.900. The van der Waals surface area contributed by atoms with E-state index < -0.39 is 16.4 Å². The zero-order valence-corrected chi connectivity index (χ0v) is 9.37. The first kappa shape index (κ1) is 10.4. The molecule has 1 aromatic carbocycles. The van der Waals surface area contributed by atoms with Gasteiger partial charge in [0.25, 0.3) is 0 Å². The van der Waals surface area contributed by atoms with Crippen LogP contribution in [0.15, 0.2) is 35.5 Å². The summed E-state index contributed by atoms with van der Waals surface area (Å²) in [4.78, 5) is 5.41. The van der Waals surface area contributed by atoms with Crippen LogP contribution in [-0.2, 0) is 21.2 Å². The van der Waals surface area contributed by atoms with Crippen molar-refractivity contribution < 1.29 is 9.05 Å². The van der Waals surface area contributed by atoms with Gasteiger partial charge in [-0.25, -0.2) is 0 Å². The fourth-order valence-corrected chi connectivity index (χ4v) is 2.76. The molecule has 1 heterocycles. The minimum absolute atomic E-state index is 0.483. The van der Waals surface area contributed by atoms with Gasteiger partial charge in [0.05, 0.1) is 5.75 Å². The van der Waals surface area contributed by atoms with Crippen molar-refractivity contribution in [3.63, 3.8) is 0 Å². The van der Waals surface area contributed by atoms with Gasteiger partial charge in [-0.2, -0.15) is 0 Å². The fourth-order valence-electron chi connectivity index (χ4n) is 1.77. The zero-order valence-electron chi connectivity index (χ0n) is 8.55. The molecule has 0 fully saturated rings. The van der Waals surface area contributed by atoms with Crippen LogP contribution in [0.5, 0.6) is 0 Å². The Balaban J connectivity index is 2.31. The molecular formula is C11H13NO2S. The van der Waals surface area contributed by atoms with Crippen molar-refractivity contribution in [3.05, 3.63) is 35.9 Å². The number of hydrogen-bond acceptors (Lipinski definition) is 3. The van der Waals surface area contributed by atoms with E-state index in [9.17, 15) is 4.21 Å². The van der Waals surface area contributed by atoms with Crippen LogP contribution >= 0.6 is 0 Å². The van der Waals surface area contributed by atoms with Crippen molar-refractivity contribution in [1.82, 2.24) is 0 Å². The molecule has 1 aliphatic rings. The van der Waals surface area contributed by atoms with E-state index in [1.54, 1.807) is 12.5 Å². The van der Waals surface area contributed by atoms with E-state index in [-0.39, 0.29) is 0 Å². The summed E-state index contributed by atoms with van der Waals surface area (Å²) in [7, 11) is -0.900. The molecule has 0 aliphatic carbocycles. The number of oxime groups is 1. The summed E-state index contributed by atoms with van der Waals surface area (Å²) in [6, 6.07) is 9.84. The van der Waals surface area contributed by atoms with E-state index in [0.717, 1.165) is 5.56 Å². The van der Waals surface area contributed by atoms with Crippen molar-refractivity contribution in [1.29, 1.82) is 0 Å². The van der Waals surface area contributed by atoms with Crippen molar-refractivity contribution in [2.45, 2.75) is 12.0 Å². The third-order valence-corrected chi connectivity index (χ3v) is 3.33. The Kier molecular flexibility index (Phi) is 2.86. The van der Waals surface area contributed by atoms with E-state index in [1.165, 1.54) is 0 Å². The molecule has 0 bridgehead atoms. The van der Waals surface area contributed by atoms with Crippen molar-refractivity contribution in [2.75, 3.05) is 12.0 Å². The quantitative estimate of drug-likeness (QED) is 0.781. The first-order valence-corrected chi connectivity index (χ1v) is 6.51. The molecule has 0 saturated heterocycles. The van der Waals surface area contributed by atoms with Gasteiger partial charge in [0.1, 0.15) is 0 Å². The second-order valence-corrected chi connectivity index (χ2v) is 5.10. The molecule has 1 aliphatic heterocycles. The normalized spacial score (nSPS) is 26.2. The highest BCUT2D eigenvalue weighted by molar-refractivity contribution is 7.84. The molecule has 0 N–H and O–H groups in total. The van der Waals surface area contributed by atoms with Crippen LogP contribution in [0.1, 0.15) is 12.0 Å². The molecular weight excluding hydrogens is 210 g/mol. The first-order chi connectivity index (χ1) is 7.23. The molecule has 80 valence electrons. The lowest BCUT2D eigenvalue weighted by Crippen LogP contribution is -2.31. The van der Waals surface area contributed by atoms with Crippen LogP contribution < -0.4 is 0 Å². The van der Waals surface area contributed by atoms with E-state index >= 15 is 0 Å². The second kappa shape index (κ2) is 4.14. The number of rotatable bonds is 3. The predicted molar refractivity (Wildman–Crippen MR) is 61.2 cm³/mol. The number of nitrogens with zero attached hydrogens (tertiary/aromatic N) is 1. The van der Waals surface area contributed by atoms with E-state index in [0.29, 0.717) is 12.2 Å². The maximum absolute atomic E-state index is 11.4. The topological polar surface area (TPSA) is 38.7 Å². The standard InChI is InChI=1S/C11H13NO2S/c1-15(13)9-11(7-8-12-14-11)10-5-3-2-4-6-10/h2-6,8H,7,9H2,1H3. The van der Waals surface area contributed by atoms with Gasteiger partial charge >= 0.3 is 0 Å². The molecule has 0 radical (unpaired) electrons. The van der Waals surface area contributed by atoms with Gasteiger partial charge in [-0.15, -0.1) is 0 Å². The van der Waals surface area contributed by atoms with Crippen LogP contribution in [0, 0.1) is 0 Å². The van der Waals surface area contributed by atoms with Crippen LogP contribution in [0.25, 0.3) is 0 Å². The van der Waals surface area contributed by atoms with E-state index in [4.69, 9.17) is 4.84 Å². The highest BCUT2D eigenvalue weighted by Crippen LogP contribution is 2.33. The smallest absolute Gasteiger partial charge is 0.179 e. The third-order valence-electron chi connectivity index (χ3n) is 2.46. The van der Waals surface area contributed by atoms with Crippen LogP contribution in [0.4, 0.5) is 0 Å². The zero-order chi connectivity index (χ0) is 10.7. The van der Waals surface area contributed by atoms with E-state index in [2.05, 4.69) is 5.16 Å². The maximum atomic E-state index is 11.4. The summed E-state index contributed by atoms with van der Waals surface area (Å²) in [5.41, 5.74) is 0.527. The number of hydrogen-bond donors (Lipinski definition) is 0. The summed E-state index contributed by atoms with van der Waals surface area (Å²) in [6.45, 7) is 0. The van der Waals surface area contributed by atoms with Crippen LogP contribution in [-0.4, -0.2) is 22.4 Å². The van der Waals surface area contributed by atoms with Crippen molar-refractivity contribution in [3.8, 4) is 0 Å². The van der Waals surface area contributed by atoms with Crippen molar-refractivity contribution in [2.24, 2.45) is 5.16 Å². The third kappa shape index (κ3) is 2.09. The molecule has 15 heavy (non-hydrogen) atoms. The Morgan fingerprint density at radius 3 is 2.73 bits per heavy atom. The largest absolute Gasteiger partial charge is 0.383 e. The fraction of sp³-hybridized carbons (Fsp3) is 0.364. The SMILES string of the molecule is CS(=O)CC1(c2ccccc2)CC=NO1. The Morgan fingerprint density at radius 2 is 2.20 bits per heavy atom. The molecule has 2 unspecified atom stereocenters. The lowest BCUT2D eigenvalue weighted by molar-refractivity contribution is -0.00378. The molecule has 4 heteroatoms. The van der Waals surface area contributed by atoms with Crippen LogP contribution in [0.2, 0.25) is 0 Å². The average molecular weight is 223 g/mol. The summed E-state index contributed by atoms with van der Waals surface area (Å²) < 4.78 is 11.4. The predicted octanol–water partition coefficient (Wildman–Crippen LogP) is 1.67.